The average Bonchev–Trinajstić information content (AvgIpc) is 3.20. The van der Waals surface area contributed by atoms with Crippen LogP contribution in [0, 0.1) is 10.8 Å². The molecule has 4 rings (SSSR count). The lowest BCUT2D eigenvalue weighted by Gasteiger charge is -2.37. The lowest BCUT2D eigenvalue weighted by Crippen LogP contribution is -2.55. The van der Waals surface area contributed by atoms with Crippen molar-refractivity contribution >= 4 is 45.0 Å². The number of benzene rings is 1. The predicted molar refractivity (Wildman–Crippen MR) is 125 cm³/mol. The number of aryl methyl sites for hydroxylation is 1. The summed E-state index contributed by atoms with van der Waals surface area (Å²) in [6, 6.07) is 7.85. The minimum atomic E-state index is -4.85. The molecule has 0 bridgehead atoms. The van der Waals surface area contributed by atoms with Crippen LogP contribution in [-0.2, 0) is 6.42 Å². The first-order valence-electron chi connectivity index (χ1n) is 10.6. The highest BCUT2D eigenvalue weighted by Crippen LogP contribution is 2.35. The molecule has 184 valence electrons. The van der Waals surface area contributed by atoms with Gasteiger partial charge in [0.2, 0.25) is 5.84 Å². The Labute approximate surface area is 201 Å². The van der Waals surface area contributed by atoms with E-state index in [0.29, 0.717) is 20.9 Å². The van der Waals surface area contributed by atoms with Crippen LogP contribution in [0.25, 0.3) is 10.2 Å². The second kappa shape index (κ2) is 9.49. The van der Waals surface area contributed by atoms with Gasteiger partial charge in [-0.3, -0.25) is 10.8 Å². The SMILES string of the molecule is CCCc1cc2c(N3CCN(C(=N)C(F)(F)F)C(=N)C3)nc(Oc3ccccc3C(=O)O)nc2s1. The number of thiophene rings is 1. The summed E-state index contributed by atoms with van der Waals surface area (Å²) in [5.41, 5.74) is -0.0725. The molecule has 0 unspecified atom stereocenters. The lowest BCUT2D eigenvalue weighted by atomic mass is 10.2. The highest BCUT2D eigenvalue weighted by molar-refractivity contribution is 7.18. The highest BCUT2D eigenvalue weighted by atomic mass is 32.1. The van der Waals surface area contributed by atoms with Gasteiger partial charge < -0.3 is 19.6 Å². The Hall–Kier alpha value is -3.74. The standard InChI is InChI=1S/C22H21F3N6O3S/c1-2-5-12-10-14-17(30-8-9-31(16(26)11-30)20(27)22(23,24)25)28-21(29-18(14)35-12)34-15-7-4-3-6-13(15)19(32)33/h3-4,6-7,10,26-27H,2,5,8-9,11H2,1H3,(H,32,33). The number of nitrogens with one attached hydrogen (secondary N) is 2. The Kier molecular flexibility index (Phi) is 6.61. The number of piperazine rings is 1. The van der Waals surface area contributed by atoms with Crippen molar-refractivity contribution < 1.29 is 27.8 Å². The smallest absolute Gasteiger partial charge is 0.449 e. The first-order chi connectivity index (χ1) is 16.6. The monoisotopic (exact) mass is 506 g/mol. The molecule has 1 aliphatic heterocycles. The van der Waals surface area contributed by atoms with E-state index in [-0.39, 0.29) is 42.8 Å². The Balaban J connectivity index is 1.71. The first-order valence-corrected chi connectivity index (χ1v) is 11.5. The molecule has 35 heavy (non-hydrogen) atoms. The molecule has 9 nitrogen and oxygen atoms in total. The fourth-order valence-electron chi connectivity index (χ4n) is 3.71. The summed E-state index contributed by atoms with van der Waals surface area (Å²) >= 11 is 1.42. The fraction of sp³-hybridized carbons (Fsp3) is 0.318. The summed E-state index contributed by atoms with van der Waals surface area (Å²) in [5, 5.41) is 25.6. The second-order valence-corrected chi connectivity index (χ2v) is 8.90. The number of anilines is 1. The largest absolute Gasteiger partial charge is 0.478 e. The van der Waals surface area contributed by atoms with E-state index in [1.807, 2.05) is 13.0 Å². The summed E-state index contributed by atoms with van der Waals surface area (Å²) < 4.78 is 44.8. The third-order valence-electron chi connectivity index (χ3n) is 5.32. The van der Waals surface area contributed by atoms with Gasteiger partial charge in [-0.05, 0) is 24.6 Å². The number of nitrogens with zero attached hydrogens (tertiary/aromatic N) is 4. The first kappa shape index (κ1) is 24.4. The van der Waals surface area contributed by atoms with Crippen LogP contribution in [0.5, 0.6) is 11.8 Å². The van der Waals surface area contributed by atoms with Gasteiger partial charge in [-0.1, -0.05) is 25.5 Å². The van der Waals surface area contributed by atoms with E-state index in [1.165, 1.54) is 23.5 Å². The second-order valence-electron chi connectivity index (χ2n) is 7.78. The summed E-state index contributed by atoms with van der Waals surface area (Å²) in [6.07, 6.45) is -3.16. The van der Waals surface area contributed by atoms with Crippen LogP contribution in [0.15, 0.2) is 30.3 Å². The normalized spacial score (nSPS) is 14.5. The molecule has 0 spiro atoms. The number of carboxylic acids is 1. The molecule has 3 N–H and O–H groups in total. The minimum absolute atomic E-state index is 0.0480. The maximum Gasteiger partial charge on any atom is 0.449 e. The number of amidine groups is 2. The zero-order valence-corrected chi connectivity index (χ0v) is 19.3. The van der Waals surface area contributed by atoms with Gasteiger partial charge in [0.25, 0.3) is 0 Å². The Morgan fingerprint density at radius 2 is 2.00 bits per heavy atom. The van der Waals surface area contributed by atoms with Crippen molar-refractivity contribution in [3.63, 3.8) is 0 Å². The number of aromatic nitrogens is 2. The summed E-state index contributed by atoms with van der Waals surface area (Å²) in [6.45, 7) is 1.70. The van der Waals surface area contributed by atoms with E-state index in [2.05, 4.69) is 9.97 Å². The van der Waals surface area contributed by atoms with Gasteiger partial charge in [-0.25, -0.2) is 4.79 Å². The van der Waals surface area contributed by atoms with E-state index in [4.69, 9.17) is 15.6 Å². The van der Waals surface area contributed by atoms with Crippen molar-refractivity contribution in [2.24, 2.45) is 0 Å². The van der Waals surface area contributed by atoms with Gasteiger partial charge in [0, 0.05) is 18.0 Å². The van der Waals surface area contributed by atoms with Gasteiger partial charge in [-0.15, -0.1) is 11.3 Å². The van der Waals surface area contributed by atoms with Crippen molar-refractivity contribution in [3.05, 3.63) is 40.8 Å². The molecule has 0 saturated carbocycles. The van der Waals surface area contributed by atoms with Crippen LogP contribution in [0.1, 0.15) is 28.6 Å². The molecule has 1 aliphatic rings. The number of hydrogen-bond acceptors (Lipinski definition) is 8. The van der Waals surface area contributed by atoms with Crippen LogP contribution in [0.2, 0.25) is 0 Å². The molecule has 1 aromatic carbocycles. The lowest BCUT2D eigenvalue weighted by molar-refractivity contribution is -0.0671. The molecule has 2 aromatic heterocycles. The Bertz CT molecular complexity index is 1310. The molecule has 0 atom stereocenters. The van der Waals surface area contributed by atoms with Crippen LogP contribution < -0.4 is 9.64 Å². The van der Waals surface area contributed by atoms with E-state index in [9.17, 15) is 23.1 Å². The zero-order valence-electron chi connectivity index (χ0n) is 18.5. The van der Waals surface area contributed by atoms with Crippen molar-refractivity contribution in [2.45, 2.75) is 25.9 Å². The van der Waals surface area contributed by atoms with Crippen LogP contribution in [0.4, 0.5) is 19.0 Å². The molecule has 3 aromatic rings. The maximum atomic E-state index is 13.0. The fourth-order valence-corrected chi connectivity index (χ4v) is 4.82. The molecule has 3 heterocycles. The third kappa shape index (κ3) is 5.04. The van der Waals surface area contributed by atoms with Gasteiger partial charge in [0.1, 0.15) is 27.8 Å². The van der Waals surface area contributed by atoms with Gasteiger partial charge in [-0.2, -0.15) is 23.1 Å². The maximum absolute atomic E-state index is 13.0. The van der Waals surface area contributed by atoms with Crippen molar-refractivity contribution in [3.8, 4) is 11.8 Å². The molecule has 0 radical (unpaired) electrons. The van der Waals surface area contributed by atoms with Gasteiger partial charge in [0.15, 0.2) is 0 Å². The number of aromatic carboxylic acids is 1. The molecule has 0 amide bonds. The number of hydrogen-bond donors (Lipinski definition) is 3. The van der Waals surface area contributed by atoms with E-state index >= 15 is 0 Å². The zero-order chi connectivity index (χ0) is 25.3. The number of fused-ring (bicyclic) bond motifs is 1. The van der Waals surface area contributed by atoms with Crippen LogP contribution in [0.3, 0.4) is 0 Å². The molecule has 1 saturated heterocycles. The minimum Gasteiger partial charge on any atom is -0.478 e. The van der Waals surface area contributed by atoms with Crippen molar-refractivity contribution in [1.82, 2.24) is 14.9 Å². The van der Waals surface area contributed by atoms with Gasteiger partial charge >= 0.3 is 18.2 Å². The Morgan fingerprint density at radius 1 is 1.26 bits per heavy atom. The third-order valence-corrected chi connectivity index (χ3v) is 6.40. The molecule has 13 heteroatoms. The molecular weight excluding hydrogens is 485 g/mol. The number of alkyl halides is 3. The Morgan fingerprint density at radius 3 is 2.66 bits per heavy atom. The topological polar surface area (TPSA) is 126 Å². The number of carboxylic acid groups (broad SMARTS) is 1. The quantitative estimate of drug-likeness (QED) is 0.325. The highest BCUT2D eigenvalue weighted by Gasteiger charge is 2.41. The van der Waals surface area contributed by atoms with Crippen LogP contribution >= 0.6 is 11.3 Å². The summed E-state index contributed by atoms with van der Waals surface area (Å²) in [4.78, 5) is 24.4. The van der Waals surface area contributed by atoms with Crippen molar-refractivity contribution in [1.29, 1.82) is 10.8 Å². The van der Waals surface area contributed by atoms with E-state index in [0.717, 1.165) is 17.7 Å². The van der Waals surface area contributed by atoms with Crippen LogP contribution in [-0.4, -0.2) is 63.4 Å². The molecule has 0 aliphatic carbocycles. The number of carbonyl (C=O) groups is 1. The summed E-state index contributed by atoms with van der Waals surface area (Å²) in [7, 11) is 0. The summed E-state index contributed by atoms with van der Waals surface area (Å²) in [5.74, 6) is -2.72. The van der Waals surface area contributed by atoms with Gasteiger partial charge in [0.05, 0.1) is 11.9 Å². The molecule has 1 fully saturated rings. The number of halogens is 3. The number of rotatable bonds is 6. The number of ether oxygens (including phenoxy) is 1. The molecular formula is C22H21F3N6O3S. The average molecular weight is 507 g/mol. The van der Waals surface area contributed by atoms with Crippen molar-refractivity contribution in [2.75, 3.05) is 24.5 Å². The van der Waals surface area contributed by atoms with E-state index in [1.54, 1.807) is 17.0 Å². The van der Waals surface area contributed by atoms with E-state index < -0.39 is 18.0 Å². The number of para-hydroxylation sites is 1. The predicted octanol–water partition coefficient (Wildman–Crippen LogP) is 4.77.